The van der Waals surface area contributed by atoms with E-state index in [1.165, 1.54) is 0 Å². The van der Waals surface area contributed by atoms with Gasteiger partial charge in [0, 0.05) is 18.3 Å². The first kappa shape index (κ1) is 20.4. The molecule has 4 nitrogen and oxygen atoms in total. The van der Waals surface area contributed by atoms with Crippen LogP contribution in [0.1, 0.15) is 67.1 Å². The molecule has 1 saturated carbocycles. The smallest absolute Gasteiger partial charge is 0.301 e. The Morgan fingerprint density at radius 1 is 1.25 bits per heavy atom. The standard InChI is InChI=1S/C20H23F4N3O/c1-12(2)17-10-18(27(26-17)11-13-5-3-4-6-13)25-19(28)15-9-14(20(22,23)24)7-8-16(15)21/h7-10,12-13,26H,3-6,11H2,1-2H3. The quantitative estimate of drug-likeness (QED) is 0.723. The highest BCUT2D eigenvalue weighted by atomic mass is 19.4. The molecule has 0 radical (unpaired) electrons. The van der Waals surface area contributed by atoms with Crippen LogP contribution in [0, 0.1) is 11.7 Å². The van der Waals surface area contributed by atoms with Gasteiger partial charge in [-0.2, -0.15) is 18.2 Å². The Morgan fingerprint density at radius 2 is 1.93 bits per heavy atom. The average molecular weight is 397 g/mol. The van der Waals surface area contributed by atoms with E-state index in [-0.39, 0.29) is 5.92 Å². The molecule has 0 spiro atoms. The highest BCUT2D eigenvalue weighted by Crippen LogP contribution is 2.30. The molecule has 0 bridgehead atoms. The Hall–Kier alpha value is -2.38. The first-order valence-electron chi connectivity index (χ1n) is 9.40. The second kappa shape index (κ2) is 7.93. The Bertz CT molecular complexity index is 918. The van der Waals surface area contributed by atoms with Crippen LogP contribution in [0.4, 0.5) is 17.6 Å². The molecule has 1 aliphatic carbocycles. The van der Waals surface area contributed by atoms with E-state index in [0.717, 1.165) is 31.4 Å². The third kappa shape index (κ3) is 4.54. The van der Waals surface area contributed by atoms with Crippen molar-refractivity contribution >= 4 is 5.91 Å². The van der Waals surface area contributed by atoms with Crippen molar-refractivity contribution in [3.05, 3.63) is 52.4 Å². The maximum atomic E-state index is 14.0. The number of nitrogens with one attached hydrogen (secondary N) is 1. The molecule has 152 valence electrons. The molecular weight excluding hydrogens is 374 g/mol. The highest BCUT2D eigenvalue weighted by Gasteiger charge is 2.32. The molecule has 1 aromatic heterocycles. The van der Waals surface area contributed by atoms with Crippen molar-refractivity contribution in [2.45, 2.75) is 58.2 Å². The highest BCUT2D eigenvalue weighted by molar-refractivity contribution is 5.95. The zero-order valence-electron chi connectivity index (χ0n) is 15.8. The minimum Gasteiger partial charge on any atom is -0.301 e. The molecule has 8 heteroatoms. The van der Waals surface area contributed by atoms with Crippen LogP contribution in [0.5, 0.6) is 0 Å². The van der Waals surface area contributed by atoms with Gasteiger partial charge in [-0.1, -0.05) is 26.7 Å². The van der Waals surface area contributed by atoms with Crippen LogP contribution in [0.2, 0.25) is 0 Å². The van der Waals surface area contributed by atoms with Crippen LogP contribution in [0.25, 0.3) is 0 Å². The van der Waals surface area contributed by atoms with Gasteiger partial charge in [-0.25, -0.2) is 4.39 Å². The van der Waals surface area contributed by atoms with Gasteiger partial charge < -0.3 is 5.10 Å². The summed E-state index contributed by atoms with van der Waals surface area (Å²) in [4.78, 5) is 16.4. The molecule has 28 heavy (non-hydrogen) atoms. The zero-order valence-corrected chi connectivity index (χ0v) is 15.8. The number of aromatic amines is 1. The van der Waals surface area contributed by atoms with Crippen LogP contribution < -0.4 is 5.49 Å². The van der Waals surface area contributed by atoms with Crippen LogP contribution in [-0.2, 0) is 12.7 Å². The normalized spacial score (nSPS) is 16.3. The molecule has 1 aliphatic rings. The van der Waals surface area contributed by atoms with Crippen LogP contribution in [0.15, 0.2) is 29.3 Å². The summed E-state index contributed by atoms with van der Waals surface area (Å²) >= 11 is 0. The lowest BCUT2D eigenvalue weighted by molar-refractivity contribution is -0.137. The van der Waals surface area contributed by atoms with Gasteiger partial charge in [0.1, 0.15) is 5.82 Å². The van der Waals surface area contributed by atoms with Gasteiger partial charge in [-0.05, 0) is 42.9 Å². The molecular formula is C20H23F4N3O. The second-order valence-corrected chi connectivity index (χ2v) is 7.59. The van der Waals surface area contributed by atoms with Gasteiger partial charge in [0.05, 0.1) is 11.1 Å². The maximum absolute atomic E-state index is 14.0. The predicted molar refractivity (Wildman–Crippen MR) is 96.1 cm³/mol. The van der Waals surface area contributed by atoms with E-state index in [2.05, 4.69) is 10.1 Å². The number of hydrogen-bond donors (Lipinski definition) is 1. The van der Waals surface area contributed by atoms with Crippen LogP contribution in [0.3, 0.4) is 0 Å². The second-order valence-electron chi connectivity index (χ2n) is 7.59. The molecule has 1 aromatic carbocycles. The number of amides is 1. The monoisotopic (exact) mass is 397 g/mol. The number of carbonyl (C=O) groups is 1. The van der Waals surface area contributed by atoms with Crippen molar-refractivity contribution in [3.63, 3.8) is 0 Å². The van der Waals surface area contributed by atoms with Gasteiger partial charge in [-0.3, -0.25) is 9.48 Å². The van der Waals surface area contributed by atoms with Crippen molar-refractivity contribution in [2.75, 3.05) is 0 Å². The number of hydrogen-bond acceptors (Lipinski definition) is 1. The number of rotatable bonds is 4. The minimum absolute atomic E-state index is 0.152. The van der Waals surface area contributed by atoms with Crippen molar-refractivity contribution < 1.29 is 22.4 Å². The number of H-pyrrole nitrogens is 1. The molecule has 0 aliphatic heterocycles. The van der Waals surface area contributed by atoms with E-state index in [1.807, 2.05) is 13.8 Å². The fourth-order valence-electron chi connectivity index (χ4n) is 3.47. The summed E-state index contributed by atoms with van der Waals surface area (Å²) in [5.41, 5.74) is -0.607. The lowest BCUT2D eigenvalue weighted by atomic mass is 10.1. The summed E-state index contributed by atoms with van der Waals surface area (Å²) in [5, 5.41) is 3.21. The molecule has 0 saturated heterocycles. The number of aromatic nitrogens is 2. The lowest BCUT2D eigenvalue weighted by Crippen LogP contribution is -2.23. The summed E-state index contributed by atoms with van der Waals surface area (Å²) in [7, 11) is 0. The van der Waals surface area contributed by atoms with Crippen molar-refractivity contribution in [1.82, 2.24) is 9.78 Å². The van der Waals surface area contributed by atoms with Gasteiger partial charge in [0.25, 0.3) is 5.91 Å². The van der Waals surface area contributed by atoms with E-state index in [0.29, 0.717) is 36.1 Å². The van der Waals surface area contributed by atoms with E-state index in [4.69, 9.17) is 0 Å². The summed E-state index contributed by atoms with van der Waals surface area (Å²) in [5.74, 6) is -1.45. The predicted octanol–water partition coefficient (Wildman–Crippen LogP) is 5.03. The van der Waals surface area contributed by atoms with Gasteiger partial charge >= 0.3 is 6.18 Å². The van der Waals surface area contributed by atoms with Gasteiger partial charge in [0.15, 0.2) is 5.49 Å². The summed E-state index contributed by atoms with van der Waals surface area (Å²) in [6.07, 6.45) is -0.186. The van der Waals surface area contributed by atoms with Crippen molar-refractivity contribution in [3.8, 4) is 0 Å². The Labute approximate surface area is 160 Å². The van der Waals surface area contributed by atoms with Crippen molar-refractivity contribution in [1.29, 1.82) is 0 Å². The number of halogens is 4. The number of nitrogens with zero attached hydrogens (tertiary/aromatic N) is 2. The number of alkyl halides is 3. The fraction of sp³-hybridized carbons (Fsp3) is 0.500. The zero-order chi connectivity index (χ0) is 20.5. The minimum atomic E-state index is -4.66. The Balaban J connectivity index is 1.99. The number of benzene rings is 1. The molecule has 1 N–H and O–H groups in total. The largest absolute Gasteiger partial charge is 0.416 e. The average Bonchev–Trinajstić information content (AvgIpc) is 3.25. The third-order valence-electron chi connectivity index (χ3n) is 5.10. The van der Waals surface area contributed by atoms with E-state index in [1.54, 1.807) is 10.7 Å². The number of carbonyl (C=O) groups excluding carboxylic acids is 1. The Morgan fingerprint density at radius 3 is 2.54 bits per heavy atom. The van der Waals surface area contributed by atoms with E-state index >= 15 is 0 Å². The topological polar surface area (TPSA) is 50.1 Å². The molecule has 1 amide bonds. The summed E-state index contributed by atoms with van der Waals surface area (Å²) < 4.78 is 54.5. The third-order valence-corrected chi connectivity index (χ3v) is 5.10. The molecule has 0 unspecified atom stereocenters. The molecule has 0 atom stereocenters. The molecule has 1 fully saturated rings. The fourth-order valence-corrected chi connectivity index (χ4v) is 3.47. The molecule has 3 rings (SSSR count). The van der Waals surface area contributed by atoms with Crippen LogP contribution in [-0.4, -0.2) is 15.7 Å². The molecule has 2 aromatic rings. The first-order valence-corrected chi connectivity index (χ1v) is 9.40. The van der Waals surface area contributed by atoms with Crippen molar-refractivity contribution in [2.24, 2.45) is 10.9 Å². The Kier molecular flexibility index (Phi) is 5.76. The van der Waals surface area contributed by atoms with Gasteiger partial charge in [-0.15, -0.1) is 0 Å². The van der Waals surface area contributed by atoms with Crippen LogP contribution >= 0.6 is 0 Å². The first-order chi connectivity index (χ1) is 13.1. The summed E-state index contributed by atoms with van der Waals surface area (Å²) in [6.45, 7) is 4.59. The lowest BCUT2D eigenvalue weighted by Gasteiger charge is -2.11. The van der Waals surface area contributed by atoms with E-state index in [9.17, 15) is 22.4 Å². The maximum Gasteiger partial charge on any atom is 0.416 e. The SMILES string of the molecule is CC(C)c1cc(=NC(=O)c2cc(C(F)(F)F)ccc2F)n(CC2CCCC2)[nH]1. The van der Waals surface area contributed by atoms with E-state index < -0.39 is 29.0 Å². The van der Waals surface area contributed by atoms with Gasteiger partial charge in [0.2, 0.25) is 0 Å². The molecule has 1 heterocycles. The summed E-state index contributed by atoms with van der Waals surface area (Å²) in [6, 6.07) is 3.47.